The van der Waals surface area contributed by atoms with Gasteiger partial charge in [-0.1, -0.05) is 24.3 Å². The first-order chi connectivity index (χ1) is 16.2. The third-order valence-electron chi connectivity index (χ3n) is 7.77. The van der Waals surface area contributed by atoms with E-state index in [-0.39, 0.29) is 0 Å². The standard InChI is InChI=1S/C27H40N6/c1-30-15-17-33(18-16-30)25-10-4-3-7-23(25)19-32-14-13-28-24(21-32)20-31(2)26-11-5-8-22-9-6-12-29-27(22)26/h3-4,6-7,9-10,12,24,26,28H,5,8,11,13-21H2,1-2H3/t24-,26+/m1/s1. The minimum absolute atomic E-state index is 0.449. The van der Waals surface area contributed by atoms with Crippen molar-refractivity contribution in [2.45, 2.75) is 37.9 Å². The summed E-state index contributed by atoms with van der Waals surface area (Å²) in [6, 6.07) is 14.4. The number of para-hydroxylation sites is 1. The molecule has 0 radical (unpaired) electrons. The topological polar surface area (TPSA) is 37.9 Å². The number of nitrogens with zero attached hydrogens (tertiary/aromatic N) is 5. The van der Waals surface area contributed by atoms with E-state index in [0.29, 0.717) is 12.1 Å². The van der Waals surface area contributed by atoms with Crippen molar-refractivity contribution in [3.05, 3.63) is 59.4 Å². The number of pyridine rings is 1. The lowest BCUT2D eigenvalue weighted by molar-refractivity contribution is 0.138. The summed E-state index contributed by atoms with van der Waals surface area (Å²) in [5.41, 5.74) is 5.66. The first kappa shape index (κ1) is 22.8. The maximum Gasteiger partial charge on any atom is 0.0607 e. The molecule has 2 atom stereocenters. The molecule has 33 heavy (non-hydrogen) atoms. The molecular weight excluding hydrogens is 408 g/mol. The summed E-state index contributed by atoms with van der Waals surface area (Å²) in [7, 11) is 4.51. The van der Waals surface area contributed by atoms with Crippen LogP contribution in [0.4, 0.5) is 5.69 Å². The van der Waals surface area contributed by atoms with Crippen molar-refractivity contribution in [1.82, 2.24) is 25.0 Å². The minimum Gasteiger partial charge on any atom is -0.369 e. The van der Waals surface area contributed by atoms with Gasteiger partial charge in [-0.05, 0) is 56.6 Å². The second-order valence-electron chi connectivity index (χ2n) is 10.2. The Morgan fingerprint density at radius 1 is 1.06 bits per heavy atom. The summed E-state index contributed by atoms with van der Waals surface area (Å²) in [5, 5.41) is 3.79. The van der Waals surface area contributed by atoms with Crippen molar-refractivity contribution >= 4 is 5.69 Å². The molecule has 0 bridgehead atoms. The Labute approximate surface area is 199 Å². The van der Waals surface area contributed by atoms with E-state index >= 15 is 0 Å². The van der Waals surface area contributed by atoms with E-state index in [9.17, 15) is 0 Å². The predicted octanol–water partition coefficient (Wildman–Crippen LogP) is 2.62. The van der Waals surface area contributed by atoms with E-state index < -0.39 is 0 Å². The first-order valence-electron chi connectivity index (χ1n) is 12.8. The molecule has 0 amide bonds. The van der Waals surface area contributed by atoms with Crippen LogP contribution in [0.3, 0.4) is 0 Å². The Balaban J connectivity index is 1.21. The monoisotopic (exact) mass is 448 g/mol. The van der Waals surface area contributed by atoms with Gasteiger partial charge in [-0.3, -0.25) is 14.8 Å². The van der Waals surface area contributed by atoms with Crippen LogP contribution >= 0.6 is 0 Å². The van der Waals surface area contributed by atoms with E-state index in [1.807, 2.05) is 6.20 Å². The lowest BCUT2D eigenvalue weighted by Crippen LogP contribution is -2.54. The highest BCUT2D eigenvalue weighted by molar-refractivity contribution is 5.54. The van der Waals surface area contributed by atoms with Crippen LogP contribution < -0.4 is 10.2 Å². The number of fused-ring (bicyclic) bond motifs is 1. The maximum absolute atomic E-state index is 4.76. The number of anilines is 1. The van der Waals surface area contributed by atoms with Gasteiger partial charge in [-0.25, -0.2) is 0 Å². The molecule has 2 saturated heterocycles. The highest BCUT2D eigenvalue weighted by Crippen LogP contribution is 2.32. The first-order valence-corrected chi connectivity index (χ1v) is 12.8. The zero-order chi connectivity index (χ0) is 22.6. The molecule has 1 aromatic heterocycles. The van der Waals surface area contributed by atoms with Crippen molar-refractivity contribution in [3.8, 4) is 0 Å². The Morgan fingerprint density at radius 2 is 1.91 bits per heavy atom. The molecule has 2 aliphatic heterocycles. The Hall–Kier alpha value is -1.99. The largest absolute Gasteiger partial charge is 0.369 e. The molecule has 0 unspecified atom stereocenters. The number of nitrogens with one attached hydrogen (secondary N) is 1. The SMILES string of the molecule is CN1CCN(c2ccccc2CN2CCN[C@H](CN(C)[C@H]3CCCc4cccnc43)C2)CC1. The van der Waals surface area contributed by atoms with Gasteiger partial charge in [-0.15, -0.1) is 0 Å². The van der Waals surface area contributed by atoms with Crippen LogP contribution in [0.25, 0.3) is 0 Å². The fourth-order valence-corrected chi connectivity index (χ4v) is 5.89. The molecule has 2 fully saturated rings. The number of aromatic nitrogens is 1. The number of hydrogen-bond acceptors (Lipinski definition) is 6. The van der Waals surface area contributed by atoms with Crippen LogP contribution in [-0.2, 0) is 13.0 Å². The van der Waals surface area contributed by atoms with Crippen LogP contribution in [0.15, 0.2) is 42.6 Å². The molecule has 6 heteroatoms. The van der Waals surface area contributed by atoms with E-state index in [2.05, 4.69) is 75.4 Å². The van der Waals surface area contributed by atoms with E-state index in [1.165, 1.54) is 41.8 Å². The van der Waals surface area contributed by atoms with Crippen molar-refractivity contribution < 1.29 is 0 Å². The van der Waals surface area contributed by atoms with E-state index in [1.54, 1.807) is 0 Å². The van der Waals surface area contributed by atoms with Gasteiger partial charge in [-0.2, -0.15) is 0 Å². The average molecular weight is 449 g/mol. The van der Waals surface area contributed by atoms with Gasteiger partial charge < -0.3 is 15.1 Å². The fourth-order valence-electron chi connectivity index (χ4n) is 5.89. The Bertz CT molecular complexity index is 909. The molecule has 6 nitrogen and oxygen atoms in total. The third kappa shape index (κ3) is 5.40. The zero-order valence-electron chi connectivity index (χ0n) is 20.4. The maximum atomic E-state index is 4.76. The molecule has 5 rings (SSSR count). The molecule has 2 aromatic rings. The number of piperazine rings is 2. The lowest BCUT2D eigenvalue weighted by atomic mass is 9.91. The van der Waals surface area contributed by atoms with Gasteiger partial charge in [0.1, 0.15) is 0 Å². The van der Waals surface area contributed by atoms with E-state index in [0.717, 1.165) is 58.9 Å². The number of hydrogen-bond donors (Lipinski definition) is 1. The van der Waals surface area contributed by atoms with Gasteiger partial charge in [0.2, 0.25) is 0 Å². The Morgan fingerprint density at radius 3 is 2.79 bits per heavy atom. The predicted molar refractivity (Wildman–Crippen MR) is 136 cm³/mol. The summed E-state index contributed by atoms with van der Waals surface area (Å²) >= 11 is 0. The molecular formula is C27H40N6. The van der Waals surface area contributed by atoms with Crippen LogP contribution in [-0.4, -0.2) is 92.2 Å². The molecule has 0 saturated carbocycles. The van der Waals surface area contributed by atoms with Crippen molar-refractivity contribution in [3.63, 3.8) is 0 Å². The van der Waals surface area contributed by atoms with Gasteiger partial charge >= 0.3 is 0 Å². The summed E-state index contributed by atoms with van der Waals surface area (Å²) in [5.74, 6) is 0. The van der Waals surface area contributed by atoms with Crippen molar-refractivity contribution in [2.75, 3.05) is 71.4 Å². The van der Waals surface area contributed by atoms with Crippen LogP contribution in [0, 0.1) is 0 Å². The number of rotatable bonds is 6. The normalized spacial score (nSPS) is 24.8. The van der Waals surface area contributed by atoms with Gasteiger partial charge in [0.05, 0.1) is 11.7 Å². The smallest absolute Gasteiger partial charge is 0.0607 e. The van der Waals surface area contributed by atoms with Crippen LogP contribution in [0.1, 0.15) is 35.7 Å². The summed E-state index contributed by atoms with van der Waals surface area (Å²) < 4.78 is 0. The molecule has 1 aliphatic carbocycles. The highest BCUT2D eigenvalue weighted by atomic mass is 15.3. The Kier molecular flexibility index (Phi) is 7.26. The molecule has 1 aromatic carbocycles. The van der Waals surface area contributed by atoms with E-state index in [4.69, 9.17) is 4.98 Å². The second kappa shape index (κ2) is 10.5. The van der Waals surface area contributed by atoms with Gasteiger partial charge in [0.25, 0.3) is 0 Å². The van der Waals surface area contributed by atoms with Crippen molar-refractivity contribution in [2.24, 2.45) is 0 Å². The highest BCUT2D eigenvalue weighted by Gasteiger charge is 2.28. The molecule has 178 valence electrons. The minimum atomic E-state index is 0.449. The quantitative estimate of drug-likeness (QED) is 0.732. The van der Waals surface area contributed by atoms with Crippen LogP contribution in [0.5, 0.6) is 0 Å². The fraction of sp³-hybridized carbons (Fsp3) is 0.593. The van der Waals surface area contributed by atoms with Gasteiger partial charge in [0.15, 0.2) is 0 Å². The molecule has 1 N–H and O–H groups in total. The van der Waals surface area contributed by atoms with Crippen LogP contribution in [0.2, 0.25) is 0 Å². The van der Waals surface area contributed by atoms with Gasteiger partial charge in [0, 0.05) is 76.8 Å². The average Bonchev–Trinajstić information content (AvgIpc) is 2.85. The zero-order valence-corrected chi connectivity index (χ0v) is 20.4. The molecule has 0 spiro atoms. The summed E-state index contributed by atoms with van der Waals surface area (Å²) in [6.07, 6.45) is 5.62. The number of aryl methyl sites for hydroxylation is 1. The lowest BCUT2D eigenvalue weighted by Gasteiger charge is -2.39. The number of benzene rings is 1. The summed E-state index contributed by atoms with van der Waals surface area (Å²) in [6.45, 7) is 9.93. The molecule has 3 aliphatic rings. The number of likely N-dealkylation sites (N-methyl/N-ethyl adjacent to an activating group) is 2. The second-order valence-corrected chi connectivity index (χ2v) is 10.2. The van der Waals surface area contributed by atoms with Crippen molar-refractivity contribution in [1.29, 1.82) is 0 Å². The molecule has 3 heterocycles. The third-order valence-corrected chi connectivity index (χ3v) is 7.77. The summed E-state index contributed by atoms with van der Waals surface area (Å²) in [4.78, 5) is 15.0.